The summed E-state index contributed by atoms with van der Waals surface area (Å²) in [5.41, 5.74) is 8.29. The average molecular weight is 860 g/mol. The SMILES string of the molecule is CCCO[C@H]1[CH-][C@H](O)[C@H](O[C@@H]2OC(COS(=O)(=O)[O-])[C@@H](O[C@H]3[CH-][C@H](O)[C@H](O)[CH-]O3)[C@H](O)C2[NH-])[CH-]O1.O=S(=O)([O-])O.O=S(=O)([O-])O.[Na+].[Na+].[Na+].[Na+].[Na+].[Na+]. The van der Waals surface area contributed by atoms with Crippen molar-refractivity contribution in [3.63, 3.8) is 0 Å². The van der Waals surface area contributed by atoms with E-state index in [0.717, 1.165) is 26.1 Å². The molecule has 0 bridgehead atoms. The maximum Gasteiger partial charge on any atom is 1.00 e. The quantitative estimate of drug-likeness (QED) is 0.0514. The van der Waals surface area contributed by atoms with Gasteiger partial charge in [0.15, 0.2) is 0 Å². The molecule has 3 heterocycles. The molecule has 3 rings (SSSR count). The first kappa shape index (κ1) is 67.9. The van der Waals surface area contributed by atoms with Gasteiger partial charge in [-0.3, -0.25) is 13.3 Å². The van der Waals surface area contributed by atoms with Crippen LogP contribution in [0.5, 0.6) is 0 Å². The minimum absolute atomic E-state index is 0. The van der Waals surface area contributed by atoms with Gasteiger partial charge < -0.3 is 68.2 Å². The molecule has 0 aromatic heterocycles. The summed E-state index contributed by atoms with van der Waals surface area (Å²) in [6, 6.07) is -1.54. The second-order valence-corrected chi connectivity index (χ2v) is 11.6. The van der Waals surface area contributed by atoms with Gasteiger partial charge in [-0.15, -0.1) is 0 Å². The van der Waals surface area contributed by atoms with Gasteiger partial charge in [0.05, 0.1) is 12.7 Å². The molecule has 0 spiro atoms. The molecular weight excluding hydrogens is 828 g/mol. The van der Waals surface area contributed by atoms with E-state index in [1.54, 1.807) is 0 Å². The normalized spacial score (nSPS) is 31.9. The van der Waals surface area contributed by atoms with Crippen LogP contribution < -0.4 is 177 Å². The van der Waals surface area contributed by atoms with Gasteiger partial charge in [-0.1, -0.05) is 25.2 Å². The van der Waals surface area contributed by atoms with Crippen molar-refractivity contribution in [3.8, 4) is 0 Å². The van der Waals surface area contributed by atoms with Crippen LogP contribution in [0.25, 0.3) is 5.73 Å². The predicted molar refractivity (Wildman–Crippen MR) is 134 cm³/mol. The summed E-state index contributed by atoms with van der Waals surface area (Å²) in [5.74, 6) is 0. The van der Waals surface area contributed by atoms with Gasteiger partial charge in [-0.05, 0) is 18.6 Å². The maximum absolute atomic E-state index is 11.0. The fourth-order valence-corrected chi connectivity index (χ4v) is 3.73. The van der Waals surface area contributed by atoms with Crippen LogP contribution >= 0.6 is 0 Å². The predicted octanol–water partition coefficient (Wildman–Crippen LogP) is -22.3. The van der Waals surface area contributed by atoms with Crippen LogP contribution in [0.1, 0.15) is 13.3 Å². The van der Waals surface area contributed by atoms with Crippen molar-refractivity contribution in [1.29, 1.82) is 0 Å². The number of hydrogen-bond acceptors (Lipinski definition) is 20. The fraction of sp³-hybridized carbons (Fsp3) is 0.789. The van der Waals surface area contributed by atoms with E-state index in [1.807, 2.05) is 6.92 Å². The summed E-state index contributed by atoms with van der Waals surface area (Å²) in [6.45, 7) is 3.40. The van der Waals surface area contributed by atoms with Gasteiger partial charge >= 0.3 is 177 Å². The molecule has 2 unspecified atom stereocenters. The first-order valence-electron chi connectivity index (χ1n) is 12.1. The number of ether oxygens (including phenoxy) is 6. The van der Waals surface area contributed by atoms with Crippen molar-refractivity contribution in [3.05, 3.63) is 31.8 Å². The Morgan fingerprint density at radius 2 is 1.22 bits per heavy atom. The molecular formula is C19H31NNa6O22S3-2. The van der Waals surface area contributed by atoms with Crippen LogP contribution in [0, 0.1) is 26.1 Å². The Kier molecular flexibility index (Phi) is 43.8. The van der Waals surface area contributed by atoms with Gasteiger partial charge in [0.1, 0.15) is 18.5 Å². The Balaban J connectivity index is -0.000000280. The summed E-state index contributed by atoms with van der Waals surface area (Å²) in [7, 11) is -15.0. The first-order chi connectivity index (χ1) is 20.5. The van der Waals surface area contributed by atoms with E-state index in [9.17, 15) is 33.4 Å². The molecule has 7 N–H and O–H groups in total. The molecule has 0 saturated carbocycles. The number of aliphatic hydroxyl groups excluding tert-OH is 4. The molecule has 3 fully saturated rings. The van der Waals surface area contributed by atoms with E-state index < -0.39 is 105 Å². The minimum Gasteiger partial charge on any atom is -0.726 e. The van der Waals surface area contributed by atoms with Crippen molar-refractivity contribution in [2.24, 2.45) is 0 Å². The van der Waals surface area contributed by atoms with E-state index in [2.05, 4.69) is 4.18 Å². The van der Waals surface area contributed by atoms with E-state index in [0.29, 0.717) is 6.61 Å². The van der Waals surface area contributed by atoms with Gasteiger partial charge in [-0.2, -0.15) is 13.2 Å². The topological polar surface area (TPSA) is 381 Å². The first-order valence-corrected chi connectivity index (χ1v) is 16.2. The van der Waals surface area contributed by atoms with Gasteiger partial charge in [0.25, 0.3) is 0 Å². The van der Waals surface area contributed by atoms with Crippen LogP contribution in [0.2, 0.25) is 0 Å². The third-order valence-corrected chi connectivity index (χ3v) is 5.64. The molecule has 3 saturated heterocycles. The Morgan fingerprint density at radius 3 is 1.65 bits per heavy atom. The van der Waals surface area contributed by atoms with Gasteiger partial charge in [-0.25, -0.2) is 38.1 Å². The third kappa shape index (κ3) is 32.6. The van der Waals surface area contributed by atoms with Crippen molar-refractivity contribution in [2.75, 3.05) is 13.2 Å². The van der Waals surface area contributed by atoms with Crippen molar-refractivity contribution >= 4 is 31.2 Å². The van der Waals surface area contributed by atoms with Crippen LogP contribution in [-0.2, 0) is 63.8 Å². The summed E-state index contributed by atoms with van der Waals surface area (Å²) in [6.07, 6.45) is -10.2. The van der Waals surface area contributed by atoms with Crippen LogP contribution in [-0.4, -0.2) is 149 Å². The zero-order valence-corrected chi connectivity index (χ0v) is 43.2. The molecule has 0 aromatic carbocycles. The zero-order valence-electron chi connectivity index (χ0n) is 28.7. The Morgan fingerprint density at radius 1 is 0.745 bits per heavy atom. The zero-order chi connectivity index (χ0) is 34.8. The molecule has 11 atom stereocenters. The number of rotatable bonds is 10. The van der Waals surface area contributed by atoms with Crippen molar-refractivity contribution < 1.29 is 278 Å². The van der Waals surface area contributed by atoms with E-state index in [4.69, 9.17) is 69.2 Å². The molecule has 51 heavy (non-hydrogen) atoms. The minimum atomic E-state index is -5.15. The van der Waals surface area contributed by atoms with E-state index >= 15 is 0 Å². The second kappa shape index (κ2) is 32.9. The molecule has 270 valence electrons. The van der Waals surface area contributed by atoms with Crippen LogP contribution in [0.15, 0.2) is 0 Å². The smallest absolute Gasteiger partial charge is 0.726 e. The average Bonchev–Trinajstić information content (AvgIpc) is 2.87. The Hall–Kier alpha value is 5.17. The summed E-state index contributed by atoms with van der Waals surface area (Å²) in [5, 5.41) is 40.3. The molecule has 0 radical (unpaired) electrons. The van der Waals surface area contributed by atoms with Crippen molar-refractivity contribution in [1.82, 2.24) is 0 Å². The third-order valence-electron chi connectivity index (χ3n) is 5.21. The standard InChI is InChI=1S/C19H30NO14S.6Na.2H2O4S/c1-2-3-28-14-5-10(22)12(7-30-14)32-19-16(20)17(24)18(13(33-19)8-31-35(25,26)27)34-15-4-9(21)11(23)6-29-15;;;;;;;2*1-5(2,3)4/h4-7,9-24H,2-3,8H2,1H3,(H,25,26,27);;;;;;;2*(H2,1,2,3,4)/q-5;6*+1;;/p-3/t9-,10-,11+,12+,13?,14+,15-,16?,17+,18+,19+;;;;;;;;/m0......../s1. The molecule has 3 aliphatic rings. The monoisotopic (exact) mass is 859 g/mol. The Bertz CT molecular complexity index is 1170. The molecule has 32 heteroatoms. The molecule has 0 aliphatic carbocycles. The number of nitrogens with one attached hydrogen (secondary N) is 1. The summed E-state index contributed by atoms with van der Waals surface area (Å²) >= 11 is 0. The Labute approximate surface area is 428 Å². The largest absolute Gasteiger partial charge is 1.00 e. The molecule has 3 aliphatic heterocycles. The van der Waals surface area contributed by atoms with Crippen LogP contribution in [0.3, 0.4) is 0 Å². The molecule has 0 aromatic rings. The van der Waals surface area contributed by atoms with Gasteiger partial charge in [0.2, 0.25) is 31.2 Å². The molecule has 23 nitrogen and oxygen atoms in total. The summed E-state index contributed by atoms with van der Waals surface area (Å²) < 4.78 is 135. The van der Waals surface area contributed by atoms with Crippen LogP contribution in [0.4, 0.5) is 0 Å². The molecule has 0 amide bonds. The van der Waals surface area contributed by atoms with E-state index in [1.165, 1.54) is 6.42 Å². The number of hydrogen-bond donors (Lipinski definition) is 6. The van der Waals surface area contributed by atoms with Crippen molar-refractivity contribution in [2.45, 2.75) is 81.0 Å². The summed E-state index contributed by atoms with van der Waals surface area (Å²) in [4.78, 5) is 0. The maximum atomic E-state index is 11.0. The second-order valence-electron chi connectivity index (χ2n) is 8.82. The van der Waals surface area contributed by atoms with Gasteiger partial charge in [0, 0.05) is 19.2 Å². The van der Waals surface area contributed by atoms with E-state index in [-0.39, 0.29) is 177 Å². The number of aliphatic hydroxyl groups is 4. The fourth-order valence-electron chi connectivity index (χ4n) is 3.43.